The summed E-state index contributed by atoms with van der Waals surface area (Å²) in [6, 6.07) is 3.00. The maximum absolute atomic E-state index is 13.1. The molecule has 0 heterocycles. The highest BCUT2D eigenvalue weighted by Gasteiger charge is 2.15. The fourth-order valence-electron chi connectivity index (χ4n) is 1.41. The van der Waals surface area contributed by atoms with E-state index in [4.69, 9.17) is 9.84 Å². The van der Waals surface area contributed by atoms with Gasteiger partial charge in [0.1, 0.15) is 5.82 Å². The molecule has 94 valence electrons. The minimum absolute atomic E-state index is 0.0633. The lowest BCUT2D eigenvalue weighted by Gasteiger charge is -2.11. The van der Waals surface area contributed by atoms with Crippen molar-refractivity contribution in [3.8, 4) is 5.75 Å². The molecule has 0 aliphatic heterocycles. The van der Waals surface area contributed by atoms with Crippen LogP contribution in [0.3, 0.4) is 0 Å². The summed E-state index contributed by atoms with van der Waals surface area (Å²) in [6.07, 6.45) is 0.785. The Kier molecular flexibility index (Phi) is 4.87. The van der Waals surface area contributed by atoms with Crippen molar-refractivity contribution in [2.75, 3.05) is 6.61 Å². The normalized spacial score (nSPS) is 12.2. The molecule has 1 atom stereocenters. The second-order valence-electron chi connectivity index (χ2n) is 3.66. The van der Waals surface area contributed by atoms with Gasteiger partial charge in [0.05, 0.1) is 12.5 Å². The summed E-state index contributed by atoms with van der Waals surface area (Å²) in [6.45, 7) is 1.85. The zero-order valence-corrected chi connectivity index (χ0v) is 9.45. The molecule has 17 heavy (non-hydrogen) atoms. The fraction of sp³-hybridized carbons (Fsp3) is 0.417. The average molecular weight is 244 g/mol. The quantitative estimate of drug-likeness (QED) is 0.837. The summed E-state index contributed by atoms with van der Waals surface area (Å²) >= 11 is 0. The van der Waals surface area contributed by atoms with Crippen molar-refractivity contribution < 1.29 is 23.4 Å². The number of carboxylic acid groups (broad SMARTS) is 1. The smallest absolute Gasteiger partial charge is 0.306 e. The second kappa shape index (κ2) is 6.18. The van der Waals surface area contributed by atoms with Crippen LogP contribution in [0.2, 0.25) is 0 Å². The number of aliphatic carboxylic acids is 1. The van der Waals surface area contributed by atoms with Gasteiger partial charge in [0.25, 0.3) is 0 Å². The third kappa shape index (κ3) is 4.01. The molecule has 0 saturated heterocycles. The number of ether oxygens (including phenoxy) is 1. The number of hydrogen-bond donors (Lipinski definition) is 1. The summed E-state index contributed by atoms with van der Waals surface area (Å²) < 4.78 is 30.8. The first-order valence-electron chi connectivity index (χ1n) is 5.35. The van der Waals surface area contributed by atoms with Gasteiger partial charge in [0, 0.05) is 6.07 Å². The molecule has 0 aliphatic rings. The number of carbonyl (C=O) groups is 1. The highest BCUT2D eigenvalue weighted by atomic mass is 19.1. The summed E-state index contributed by atoms with van der Waals surface area (Å²) in [5.41, 5.74) is 0. The Morgan fingerprint density at radius 3 is 2.71 bits per heavy atom. The van der Waals surface area contributed by atoms with Crippen LogP contribution in [0.5, 0.6) is 5.75 Å². The van der Waals surface area contributed by atoms with Crippen molar-refractivity contribution in [3.05, 3.63) is 29.8 Å². The molecule has 0 aliphatic carbocycles. The highest BCUT2D eigenvalue weighted by molar-refractivity contribution is 5.69. The van der Waals surface area contributed by atoms with Crippen molar-refractivity contribution in [2.24, 2.45) is 5.92 Å². The maximum atomic E-state index is 13.1. The lowest BCUT2D eigenvalue weighted by Crippen LogP contribution is -2.16. The molecule has 1 aromatic carbocycles. The van der Waals surface area contributed by atoms with Crippen molar-refractivity contribution in [1.82, 2.24) is 0 Å². The fourth-order valence-corrected chi connectivity index (χ4v) is 1.41. The molecule has 0 amide bonds. The molecule has 0 fully saturated rings. The van der Waals surface area contributed by atoms with Crippen molar-refractivity contribution >= 4 is 5.97 Å². The van der Waals surface area contributed by atoms with Gasteiger partial charge in [-0.1, -0.05) is 6.92 Å². The Bertz CT molecular complexity index is 393. The topological polar surface area (TPSA) is 46.5 Å². The van der Waals surface area contributed by atoms with Crippen LogP contribution < -0.4 is 4.74 Å². The van der Waals surface area contributed by atoms with E-state index in [1.165, 1.54) is 6.07 Å². The van der Waals surface area contributed by atoms with Crippen LogP contribution in [0.15, 0.2) is 18.2 Å². The van der Waals surface area contributed by atoms with Crippen LogP contribution in [-0.4, -0.2) is 17.7 Å². The third-order valence-corrected chi connectivity index (χ3v) is 2.46. The monoisotopic (exact) mass is 244 g/mol. The maximum Gasteiger partial charge on any atom is 0.306 e. The van der Waals surface area contributed by atoms with Gasteiger partial charge in [0.2, 0.25) is 0 Å². The van der Waals surface area contributed by atoms with Crippen molar-refractivity contribution in [2.45, 2.75) is 19.8 Å². The van der Waals surface area contributed by atoms with E-state index in [1.807, 2.05) is 0 Å². The molecule has 1 aromatic rings. The zero-order valence-electron chi connectivity index (χ0n) is 9.45. The summed E-state index contributed by atoms with van der Waals surface area (Å²) in [7, 11) is 0. The Hall–Kier alpha value is -1.65. The first kappa shape index (κ1) is 13.4. The van der Waals surface area contributed by atoms with Crippen LogP contribution in [0.25, 0.3) is 0 Å². The predicted molar refractivity (Wildman–Crippen MR) is 57.9 cm³/mol. The number of carboxylic acids is 1. The van der Waals surface area contributed by atoms with E-state index < -0.39 is 23.5 Å². The first-order valence-corrected chi connectivity index (χ1v) is 5.35. The van der Waals surface area contributed by atoms with Gasteiger partial charge in [-0.2, -0.15) is 0 Å². The lowest BCUT2D eigenvalue weighted by molar-refractivity contribution is -0.142. The van der Waals surface area contributed by atoms with E-state index in [0.717, 1.165) is 12.1 Å². The molecular formula is C12H14F2O3. The van der Waals surface area contributed by atoms with Gasteiger partial charge in [-0.15, -0.1) is 0 Å². The van der Waals surface area contributed by atoms with E-state index in [1.54, 1.807) is 6.92 Å². The van der Waals surface area contributed by atoms with E-state index in [9.17, 15) is 13.6 Å². The minimum Gasteiger partial charge on any atom is -0.490 e. The van der Waals surface area contributed by atoms with Crippen LogP contribution in [0.4, 0.5) is 8.78 Å². The van der Waals surface area contributed by atoms with Crippen LogP contribution in [0.1, 0.15) is 19.8 Å². The summed E-state index contributed by atoms with van der Waals surface area (Å²) in [4.78, 5) is 10.7. The Labute approximate surface area is 98.0 Å². The molecular weight excluding hydrogens is 230 g/mol. The minimum atomic E-state index is -0.893. The standard InChI is InChI=1S/C12H14F2O3/c1-2-8(12(15)16)5-6-17-11-4-3-9(13)7-10(11)14/h3-4,7-8H,2,5-6H2,1H3,(H,15,16). The average Bonchev–Trinajstić information content (AvgIpc) is 2.26. The molecule has 0 saturated carbocycles. The molecule has 1 rings (SSSR count). The molecule has 0 spiro atoms. The number of halogens is 2. The first-order chi connectivity index (χ1) is 8.04. The van der Waals surface area contributed by atoms with Crippen molar-refractivity contribution in [3.63, 3.8) is 0 Å². The van der Waals surface area contributed by atoms with E-state index in [0.29, 0.717) is 12.8 Å². The molecule has 0 radical (unpaired) electrons. The molecule has 1 unspecified atom stereocenters. The van der Waals surface area contributed by atoms with E-state index >= 15 is 0 Å². The molecule has 1 N–H and O–H groups in total. The van der Waals surface area contributed by atoms with Crippen LogP contribution >= 0.6 is 0 Å². The Morgan fingerprint density at radius 2 is 2.18 bits per heavy atom. The van der Waals surface area contributed by atoms with Gasteiger partial charge in [-0.25, -0.2) is 8.78 Å². The predicted octanol–water partition coefficient (Wildman–Crippen LogP) is 2.84. The van der Waals surface area contributed by atoms with Crippen LogP contribution in [0, 0.1) is 17.6 Å². The summed E-state index contributed by atoms with van der Waals surface area (Å²) in [5.74, 6) is -2.92. The van der Waals surface area contributed by atoms with Gasteiger partial charge >= 0.3 is 5.97 Å². The van der Waals surface area contributed by atoms with Crippen LogP contribution in [-0.2, 0) is 4.79 Å². The van der Waals surface area contributed by atoms with Gasteiger partial charge in [-0.05, 0) is 25.0 Å². The highest BCUT2D eigenvalue weighted by Crippen LogP contribution is 2.18. The zero-order chi connectivity index (χ0) is 12.8. The van der Waals surface area contributed by atoms with Gasteiger partial charge in [-0.3, -0.25) is 4.79 Å². The van der Waals surface area contributed by atoms with Crippen molar-refractivity contribution in [1.29, 1.82) is 0 Å². The van der Waals surface area contributed by atoms with E-state index in [2.05, 4.69) is 0 Å². The summed E-state index contributed by atoms with van der Waals surface area (Å²) in [5, 5.41) is 8.78. The third-order valence-electron chi connectivity index (χ3n) is 2.46. The van der Waals surface area contributed by atoms with E-state index in [-0.39, 0.29) is 12.4 Å². The molecule has 0 bridgehead atoms. The van der Waals surface area contributed by atoms with Gasteiger partial charge < -0.3 is 9.84 Å². The Morgan fingerprint density at radius 1 is 1.47 bits per heavy atom. The molecule has 0 aromatic heterocycles. The lowest BCUT2D eigenvalue weighted by atomic mass is 10.0. The molecule has 5 heteroatoms. The largest absolute Gasteiger partial charge is 0.490 e. The number of benzene rings is 1. The Balaban J connectivity index is 2.48. The SMILES string of the molecule is CCC(CCOc1ccc(F)cc1F)C(=O)O. The number of rotatable bonds is 6. The molecule has 3 nitrogen and oxygen atoms in total. The second-order valence-corrected chi connectivity index (χ2v) is 3.66. The van der Waals surface area contributed by atoms with Gasteiger partial charge in [0.15, 0.2) is 11.6 Å². The number of hydrogen-bond acceptors (Lipinski definition) is 2.